The molecule has 2 aliphatic carbocycles. The number of nitrogens with zero attached hydrogens (tertiary/aromatic N) is 1. The van der Waals surface area contributed by atoms with Gasteiger partial charge in [0.1, 0.15) is 0 Å². The molecule has 3 rings (SSSR count). The van der Waals surface area contributed by atoms with Crippen LogP contribution in [0.2, 0.25) is 0 Å². The van der Waals surface area contributed by atoms with Crippen molar-refractivity contribution in [2.75, 3.05) is 13.1 Å². The van der Waals surface area contributed by atoms with Crippen LogP contribution < -0.4 is 11.5 Å². The van der Waals surface area contributed by atoms with Crippen LogP contribution in [0.1, 0.15) is 32.1 Å². The van der Waals surface area contributed by atoms with Crippen LogP contribution in [0, 0.1) is 17.8 Å². The highest BCUT2D eigenvalue weighted by Gasteiger charge is 2.50. The van der Waals surface area contributed by atoms with E-state index in [4.69, 9.17) is 11.5 Å². The molecule has 0 spiro atoms. The molecule has 3 aliphatic rings. The molecule has 4 nitrogen and oxygen atoms in total. The van der Waals surface area contributed by atoms with E-state index in [9.17, 15) is 4.79 Å². The second kappa shape index (κ2) is 4.25. The molecule has 1 amide bonds. The molecular formula is C13H23N3O. The van der Waals surface area contributed by atoms with E-state index in [0.717, 1.165) is 25.9 Å². The SMILES string of the molecule is NC1CCCN(C(=O)C2C3CCC(C3)C2N)C1. The predicted octanol–water partition coefficient (Wildman–Crippen LogP) is 0.309. The summed E-state index contributed by atoms with van der Waals surface area (Å²) < 4.78 is 0. The number of amides is 1. The van der Waals surface area contributed by atoms with Crippen molar-refractivity contribution in [3.8, 4) is 0 Å². The second-order valence-electron chi connectivity index (χ2n) is 6.12. The maximum Gasteiger partial charge on any atom is 0.227 e. The molecule has 17 heavy (non-hydrogen) atoms. The predicted molar refractivity (Wildman–Crippen MR) is 66.1 cm³/mol. The van der Waals surface area contributed by atoms with Gasteiger partial charge in [-0.15, -0.1) is 0 Å². The number of nitrogens with two attached hydrogens (primary N) is 2. The first-order chi connectivity index (χ1) is 8.16. The Balaban J connectivity index is 1.69. The highest BCUT2D eigenvalue weighted by Crippen LogP contribution is 2.48. The average molecular weight is 237 g/mol. The summed E-state index contributed by atoms with van der Waals surface area (Å²) in [5.74, 6) is 1.55. The molecule has 4 heteroatoms. The van der Waals surface area contributed by atoms with Gasteiger partial charge in [0.15, 0.2) is 0 Å². The molecule has 1 aliphatic heterocycles. The Morgan fingerprint density at radius 3 is 2.53 bits per heavy atom. The smallest absolute Gasteiger partial charge is 0.227 e. The van der Waals surface area contributed by atoms with Gasteiger partial charge in [0.2, 0.25) is 5.91 Å². The molecule has 5 atom stereocenters. The van der Waals surface area contributed by atoms with Crippen LogP contribution in [-0.4, -0.2) is 36.0 Å². The Bertz CT molecular complexity index is 318. The lowest BCUT2D eigenvalue weighted by molar-refractivity contribution is -0.139. The van der Waals surface area contributed by atoms with Crippen LogP contribution >= 0.6 is 0 Å². The molecule has 2 bridgehead atoms. The summed E-state index contributed by atoms with van der Waals surface area (Å²) in [4.78, 5) is 14.5. The Labute approximate surface area is 103 Å². The molecular weight excluding hydrogens is 214 g/mol. The number of fused-ring (bicyclic) bond motifs is 2. The van der Waals surface area contributed by atoms with Crippen molar-refractivity contribution in [2.24, 2.45) is 29.2 Å². The number of likely N-dealkylation sites (tertiary alicyclic amines) is 1. The number of piperidine rings is 1. The van der Waals surface area contributed by atoms with Crippen molar-refractivity contribution >= 4 is 5.91 Å². The van der Waals surface area contributed by atoms with Gasteiger partial charge < -0.3 is 16.4 Å². The molecule has 0 radical (unpaired) electrons. The van der Waals surface area contributed by atoms with Crippen LogP contribution in [0.4, 0.5) is 0 Å². The van der Waals surface area contributed by atoms with Crippen molar-refractivity contribution in [1.82, 2.24) is 4.90 Å². The minimum Gasteiger partial charge on any atom is -0.341 e. The van der Waals surface area contributed by atoms with Crippen LogP contribution in [0.3, 0.4) is 0 Å². The molecule has 0 aromatic heterocycles. The van der Waals surface area contributed by atoms with Crippen LogP contribution in [0.15, 0.2) is 0 Å². The van der Waals surface area contributed by atoms with Crippen molar-refractivity contribution < 1.29 is 4.79 Å². The highest BCUT2D eigenvalue weighted by atomic mass is 16.2. The molecule has 2 saturated carbocycles. The van der Waals surface area contributed by atoms with Gasteiger partial charge in [0.05, 0.1) is 5.92 Å². The zero-order valence-electron chi connectivity index (χ0n) is 10.3. The minimum absolute atomic E-state index is 0.0963. The molecule has 0 aromatic carbocycles. The summed E-state index contributed by atoms with van der Waals surface area (Å²) in [5, 5.41) is 0. The average Bonchev–Trinajstić information content (AvgIpc) is 2.88. The lowest BCUT2D eigenvalue weighted by Crippen LogP contribution is -2.52. The molecule has 5 unspecified atom stereocenters. The van der Waals surface area contributed by atoms with Crippen molar-refractivity contribution in [3.63, 3.8) is 0 Å². The molecule has 96 valence electrons. The van der Waals surface area contributed by atoms with Crippen LogP contribution in [-0.2, 0) is 4.79 Å². The largest absolute Gasteiger partial charge is 0.341 e. The third kappa shape index (κ3) is 1.87. The number of carbonyl (C=O) groups excluding carboxylic acids is 1. The van der Waals surface area contributed by atoms with Gasteiger partial charge >= 0.3 is 0 Å². The van der Waals surface area contributed by atoms with E-state index >= 15 is 0 Å². The number of rotatable bonds is 1. The molecule has 0 aromatic rings. The van der Waals surface area contributed by atoms with E-state index in [1.165, 1.54) is 19.3 Å². The minimum atomic E-state index is 0.0963. The normalized spacial score (nSPS) is 45.3. The van der Waals surface area contributed by atoms with E-state index in [2.05, 4.69) is 0 Å². The first-order valence-electron chi connectivity index (χ1n) is 6.97. The van der Waals surface area contributed by atoms with Gasteiger partial charge in [0.25, 0.3) is 0 Å². The topological polar surface area (TPSA) is 72.3 Å². The fourth-order valence-electron chi connectivity index (χ4n) is 4.12. The summed E-state index contributed by atoms with van der Waals surface area (Å²) in [6.45, 7) is 1.62. The summed E-state index contributed by atoms with van der Waals surface area (Å²) in [7, 11) is 0. The Hall–Kier alpha value is -0.610. The third-order valence-electron chi connectivity index (χ3n) is 5.04. The fourth-order valence-corrected chi connectivity index (χ4v) is 4.12. The Morgan fingerprint density at radius 2 is 1.88 bits per heavy atom. The van der Waals surface area contributed by atoms with E-state index in [0.29, 0.717) is 17.7 Å². The maximum atomic E-state index is 12.5. The summed E-state index contributed by atoms with van der Waals surface area (Å²) in [6, 6.07) is 0.280. The zero-order valence-corrected chi connectivity index (χ0v) is 10.3. The highest BCUT2D eigenvalue weighted by molar-refractivity contribution is 5.80. The second-order valence-corrected chi connectivity index (χ2v) is 6.12. The van der Waals surface area contributed by atoms with Crippen molar-refractivity contribution in [2.45, 2.75) is 44.2 Å². The number of hydrogen-bond acceptors (Lipinski definition) is 3. The van der Waals surface area contributed by atoms with Gasteiger partial charge in [-0.2, -0.15) is 0 Å². The summed E-state index contributed by atoms with van der Waals surface area (Å²) in [6.07, 6.45) is 5.71. The number of carbonyl (C=O) groups is 1. The standard InChI is InChI=1S/C13H23N3O/c14-10-2-1-5-16(7-10)13(17)11-8-3-4-9(6-8)12(11)15/h8-12H,1-7,14-15H2. The number of hydrogen-bond donors (Lipinski definition) is 2. The van der Waals surface area contributed by atoms with Crippen LogP contribution in [0.25, 0.3) is 0 Å². The third-order valence-corrected chi connectivity index (χ3v) is 5.04. The Kier molecular flexibility index (Phi) is 2.87. The molecule has 1 saturated heterocycles. The lowest BCUT2D eigenvalue weighted by atomic mass is 9.83. The van der Waals surface area contributed by atoms with E-state index in [-0.39, 0.29) is 18.0 Å². The molecule has 3 fully saturated rings. The van der Waals surface area contributed by atoms with Gasteiger partial charge in [-0.1, -0.05) is 0 Å². The van der Waals surface area contributed by atoms with Gasteiger partial charge in [-0.05, 0) is 43.9 Å². The summed E-state index contributed by atoms with van der Waals surface area (Å²) >= 11 is 0. The molecule has 4 N–H and O–H groups in total. The van der Waals surface area contributed by atoms with Crippen LogP contribution in [0.5, 0.6) is 0 Å². The Morgan fingerprint density at radius 1 is 1.12 bits per heavy atom. The zero-order chi connectivity index (χ0) is 12.0. The first kappa shape index (κ1) is 11.5. The van der Waals surface area contributed by atoms with Crippen molar-refractivity contribution in [3.05, 3.63) is 0 Å². The first-order valence-corrected chi connectivity index (χ1v) is 6.97. The van der Waals surface area contributed by atoms with Crippen molar-refractivity contribution in [1.29, 1.82) is 0 Å². The molecule has 1 heterocycles. The quantitative estimate of drug-likeness (QED) is 0.689. The van der Waals surface area contributed by atoms with Gasteiger partial charge in [0, 0.05) is 25.2 Å². The lowest BCUT2D eigenvalue weighted by Gasteiger charge is -2.36. The fraction of sp³-hybridized carbons (Fsp3) is 0.923. The van der Waals surface area contributed by atoms with Gasteiger partial charge in [-0.25, -0.2) is 0 Å². The summed E-state index contributed by atoms with van der Waals surface area (Å²) in [5.41, 5.74) is 12.2. The monoisotopic (exact) mass is 237 g/mol. The van der Waals surface area contributed by atoms with E-state index in [1.54, 1.807) is 0 Å². The van der Waals surface area contributed by atoms with Gasteiger partial charge in [-0.3, -0.25) is 4.79 Å². The van der Waals surface area contributed by atoms with E-state index in [1.807, 2.05) is 4.90 Å². The maximum absolute atomic E-state index is 12.5. The van der Waals surface area contributed by atoms with E-state index < -0.39 is 0 Å².